The summed E-state index contributed by atoms with van der Waals surface area (Å²) >= 11 is 3.31. The van der Waals surface area contributed by atoms with Crippen LogP contribution < -0.4 is 0 Å². The van der Waals surface area contributed by atoms with Crippen molar-refractivity contribution in [2.75, 3.05) is 5.33 Å². The molecule has 3 heteroatoms. The Morgan fingerprint density at radius 2 is 2.33 bits per heavy atom. The maximum atomic E-state index is 11.3. The number of alkyl halides is 1. The number of carbonyl (C=O) groups is 1. The second kappa shape index (κ2) is 5.14. The number of hydrogen-bond acceptors (Lipinski definition) is 2. The quantitative estimate of drug-likeness (QED) is 0.443. The number of rotatable bonds is 5. The minimum atomic E-state index is 0.0981. The molecule has 0 saturated heterocycles. The van der Waals surface area contributed by atoms with E-state index in [1.165, 1.54) is 6.26 Å². The van der Waals surface area contributed by atoms with E-state index in [1.54, 1.807) is 12.1 Å². The molecule has 12 heavy (non-hydrogen) atoms. The zero-order chi connectivity index (χ0) is 8.81. The van der Waals surface area contributed by atoms with E-state index in [0.29, 0.717) is 12.2 Å². The first-order valence-corrected chi connectivity index (χ1v) is 5.09. The van der Waals surface area contributed by atoms with Gasteiger partial charge in [-0.15, -0.1) is 0 Å². The molecule has 0 aliphatic heterocycles. The largest absolute Gasteiger partial charge is 0.461 e. The van der Waals surface area contributed by atoms with E-state index in [0.717, 1.165) is 18.2 Å². The van der Waals surface area contributed by atoms with Crippen molar-refractivity contribution in [2.45, 2.75) is 19.3 Å². The Morgan fingerprint density at radius 3 is 2.92 bits per heavy atom. The Balaban J connectivity index is 2.30. The van der Waals surface area contributed by atoms with Crippen molar-refractivity contribution in [1.29, 1.82) is 0 Å². The molecule has 2 nitrogen and oxygen atoms in total. The zero-order valence-corrected chi connectivity index (χ0v) is 8.34. The summed E-state index contributed by atoms with van der Waals surface area (Å²) in [7, 11) is 0. The van der Waals surface area contributed by atoms with E-state index in [9.17, 15) is 4.79 Å². The summed E-state index contributed by atoms with van der Waals surface area (Å²) in [4.78, 5) is 11.3. The molecule has 0 fully saturated rings. The highest BCUT2D eigenvalue weighted by Gasteiger charge is 2.06. The van der Waals surface area contributed by atoms with Crippen LogP contribution in [0.1, 0.15) is 29.8 Å². The van der Waals surface area contributed by atoms with Crippen LogP contribution in [-0.2, 0) is 0 Å². The number of furan rings is 1. The average Bonchev–Trinajstić information content (AvgIpc) is 2.56. The third kappa shape index (κ3) is 2.81. The lowest BCUT2D eigenvalue weighted by Crippen LogP contribution is -1.96. The number of Topliss-reactive ketones (excluding diaryl/α,β-unsaturated/α-hetero) is 1. The molecule has 0 aliphatic rings. The van der Waals surface area contributed by atoms with E-state index in [2.05, 4.69) is 15.9 Å². The fraction of sp³-hybridized carbons (Fsp3) is 0.444. The van der Waals surface area contributed by atoms with Crippen LogP contribution in [-0.4, -0.2) is 11.1 Å². The summed E-state index contributed by atoms with van der Waals surface area (Å²) in [5.41, 5.74) is 0. The fourth-order valence-electron chi connectivity index (χ4n) is 0.940. The molecule has 0 unspecified atom stereocenters. The monoisotopic (exact) mass is 230 g/mol. The van der Waals surface area contributed by atoms with Crippen molar-refractivity contribution < 1.29 is 9.21 Å². The Hall–Kier alpha value is -0.570. The van der Waals surface area contributed by atoms with Gasteiger partial charge in [0.2, 0.25) is 0 Å². The molecular weight excluding hydrogens is 220 g/mol. The van der Waals surface area contributed by atoms with Crippen molar-refractivity contribution in [3.8, 4) is 0 Å². The highest BCUT2D eigenvalue weighted by Crippen LogP contribution is 2.07. The second-order valence-electron chi connectivity index (χ2n) is 2.55. The van der Waals surface area contributed by atoms with Gasteiger partial charge in [-0.25, -0.2) is 0 Å². The first-order valence-electron chi connectivity index (χ1n) is 3.97. The van der Waals surface area contributed by atoms with Gasteiger partial charge in [-0.05, 0) is 25.0 Å². The van der Waals surface area contributed by atoms with Gasteiger partial charge in [-0.1, -0.05) is 15.9 Å². The molecule has 0 N–H and O–H groups in total. The van der Waals surface area contributed by atoms with Crippen molar-refractivity contribution in [3.05, 3.63) is 24.2 Å². The second-order valence-corrected chi connectivity index (χ2v) is 3.34. The summed E-state index contributed by atoms with van der Waals surface area (Å²) in [5.74, 6) is 0.575. The van der Waals surface area contributed by atoms with E-state index < -0.39 is 0 Å². The average molecular weight is 231 g/mol. The summed E-state index contributed by atoms with van der Waals surface area (Å²) in [6.07, 6.45) is 4.06. The van der Waals surface area contributed by atoms with Crippen LogP contribution in [0.5, 0.6) is 0 Å². The molecule has 0 aromatic carbocycles. The van der Waals surface area contributed by atoms with E-state index in [4.69, 9.17) is 4.42 Å². The predicted molar refractivity (Wildman–Crippen MR) is 50.7 cm³/mol. The molecule has 0 atom stereocenters. The fourth-order valence-corrected chi connectivity index (χ4v) is 1.34. The van der Waals surface area contributed by atoms with Crippen LogP contribution in [0, 0.1) is 0 Å². The zero-order valence-electron chi connectivity index (χ0n) is 6.75. The molecular formula is C9H11BrO2. The summed E-state index contributed by atoms with van der Waals surface area (Å²) in [5, 5.41) is 0.957. The molecule has 1 aromatic heterocycles. The van der Waals surface area contributed by atoms with Crippen LogP contribution >= 0.6 is 15.9 Å². The highest BCUT2D eigenvalue weighted by molar-refractivity contribution is 9.09. The minimum Gasteiger partial charge on any atom is -0.461 e. The van der Waals surface area contributed by atoms with E-state index in [1.807, 2.05) is 0 Å². The Labute approximate surface area is 80.1 Å². The van der Waals surface area contributed by atoms with Crippen molar-refractivity contribution in [3.63, 3.8) is 0 Å². The molecule has 1 aromatic rings. The molecule has 0 radical (unpaired) electrons. The topological polar surface area (TPSA) is 30.2 Å². The summed E-state index contributed by atoms with van der Waals surface area (Å²) in [6.45, 7) is 0. The van der Waals surface area contributed by atoms with Gasteiger partial charge in [-0.2, -0.15) is 0 Å². The first kappa shape index (κ1) is 9.52. The molecule has 0 aliphatic carbocycles. The lowest BCUT2D eigenvalue weighted by Gasteiger charge is -1.94. The molecule has 0 saturated carbocycles. The van der Waals surface area contributed by atoms with Crippen molar-refractivity contribution in [2.24, 2.45) is 0 Å². The Bertz CT molecular complexity index is 229. The van der Waals surface area contributed by atoms with Crippen molar-refractivity contribution in [1.82, 2.24) is 0 Å². The van der Waals surface area contributed by atoms with Crippen LogP contribution in [0.3, 0.4) is 0 Å². The van der Waals surface area contributed by atoms with Crippen molar-refractivity contribution >= 4 is 21.7 Å². The van der Waals surface area contributed by atoms with Gasteiger partial charge < -0.3 is 4.42 Å². The van der Waals surface area contributed by atoms with Crippen LogP contribution in [0.2, 0.25) is 0 Å². The Morgan fingerprint density at radius 1 is 1.50 bits per heavy atom. The third-order valence-corrected chi connectivity index (χ3v) is 2.14. The third-order valence-electron chi connectivity index (χ3n) is 1.58. The maximum Gasteiger partial charge on any atom is 0.197 e. The smallest absolute Gasteiger partial charge is 0.197 e. The van der Waals surface area contributed by atoms with Gasteiger partial charge in [0.05, 0.1) is 6.26 Å². The number of ketones is 1. The SMILES string of the molecule is O=C(CCCCBr)c1ccco1. The van der Waals surface area contributed by atoms with Gasteiger partial charge in [-0.3, -0.25) is 4.79 Å². The summed E-state index contributed by atoms with van der Waals surface area (Å²) in [6, 6.07) is 3.44. The maximum absolute atomic E-state index is 11.3. The molecule has 66 valence electrons. The normalized spacial score (nSPS) is 10.1. The van der Waals surface area contributed by atoms with Gasteiger partial charge >= 0.3 is 0 Å². The predicted octanol–water partition coefficient (Wildman–Crippen LogP) is 3.03. The lowest BCUT2D eigenvalue weighted by atomic mass is 10.1. The summed E-state index contributed by atoms with van der Waals surface area (Å²) < 4.78 is 4.96. The Kier molecular flexibility index (Phi) is 4.08. The molecule has 0 bridgehead atoms. The molecule has 0 amide bonds. The van der Waals surface area contributed by atoms with Gasteiger partial charge in [0.25, 0.3) is 0 Å². The highest BCUT2D eigenvalue weighted by atomic mass is 79.9. The first-order chi connectivity index (χ1) is 5.84. The standard InChI is InChI=1S/C9H11BrO2/c10-6-2-1-4-8(11)9-5-3-7-12-9/h3,5,7H,1-2,4,6H2. The van der Waals surface area contributed by atoms with Gasteiger partial charge in [0, 0.05) is 11.8 Å². The van der Waals surface area contributed by atoms with Crippen LogP contribution in [0.15, 0.2) is 22.8 Å². The number of carbonyl (C=O) groups excluding carboxylic acids is 1. The lowest BCUT2D eigenvalue weighted by molar-refractivity contribution is 0.0953. The van der Waals surface area contributed by atoms with Gasteiger partial charge in [0.15, 0.2) is 11.5 Å². The number of unbranched alkanes of at least 4 members (excludes halogenated alkanes) is 1. The number of hydrogen-bond donors (Lipinski definition) is 0. The molecule has 1 heterocycles. The van der Waals surface area contributed by atoms with E-state index in [-0.39, 0.29) is 5.78 Å². The minimum absolute atomic E-state index is 0.0981. The molecule has 0 spiro atoms. The van der Waals surface area contributed by atoms with Crippen LogP contribution in [0.4, 0.5) is 0 Å². The van der Waals surface area contributed by atoms with E-state index >= 15 is 0 Å². The molecule has 1 rings (SSSR count). The van der Waals surface area contributed by atoms with Crippen LogP contribution in [0.25, 0.3) is 0 Å². The number of halogens is 1. The van der Waals surface area contributed by atoms with Gasteiger partial charge in [0.1, 0.15) is 0 Å².